The number of hydrogen-bond donors (Lipinski definition) is 0. The minimum Gasteiger partial charge on any atom is -0.422 e. The van der Waals surface area contributed by atoms with Gasteiger partial charge in [0.2, 0.25) is 0 Å². The summed E-state index contributed by atoms with van der Waals surface area (Å²) in [7, 11) is 0. The Kier molecular flexibility index (Phi) is 5.09. The zero-order valence-corrected chi connectivity index (χ0v) is 17.6. The molecule has 0 saturated heterocycles. The molecule has 2 aliphatic carbocycles. The summed E-state index contributed by atoms with van der Waals surface area (Å²) in [5.41, 5.74) is 2.73. The lowest BCUT2D eigenvalue weighted by Crippen LogP contribution is -1.99. The van der Waals surface area contributed by atoms with Gasteiger partial charge in [-0.3, -0.25) is 0 Å². The topological polar surface area (TPSA) is 60.4 Å². The molecule has 0 aromatic rings. The predicted molar refractivity (Wildman–Crippen MR) is 116 cm³/mol. The second kappa shape index (κ2) is 7.56. The molecule has 148 valence electrons. The summed E-state index contributed by atoms with van der Waals surface area (Å²) in [4.78, 5) is 26.0. The van der Waals surface area contributed by atoms with Gasteiger partial charge in [-0.1, -0.05) is 63.7 Å². The van der Waals surface area contributed by atoms with E-state index in [1.54, 1.807) is 12.1 Å². The second-order valence-corrected chi connectivity index (χ2v) is 8.77. The van der Waals surface area contributed by atoms with Crippen molar-refractivity contribution in [2.75, 3.05) is 0 Å². The van der Waals surface area contributed by atoms with Crippen LogP contribution in [0.15, 0.2) is 76.7 Å². The van der Waals surface area contributed by atoms with E-state index >= 15 is 0 Å². The van der Waals surface area contributed by atoms with Crippen LogP contribution in [0.1, 0.15) is 50.7 Å². The summed E-state index contributed by atoms with van der Waals surface area (Å²) in [5.74, 6) is 1.62. The maximum absolute atomic E-state index is 12.6. The summed E-state index contributed by atoms with van der Waals surface area (Å²) >= 11 is 1.13. The Morgan fingerprint density at radius 3 is 1.48 bits per heavy atom. The average Bonchev–Trinajstić information content (AvgIpc) is 2.92. The second-order valence-electron chi connectivity index (χ2n) is 7.74. The Balaban J connectivity index is 1.90. The predicted octanol–water partition coefficient (Wildman–Crippen LogP) is 6.20. The average molecular weight is 407 g/mol. The van der Waals surface area contributed by atoms with Crippen LogP contribution in [0.25, 0.3) is 22.6 Å². The van der Waals surface area contributed by atoms with Gasteiger partial charge in [0.25, 0.3) is 0 Å². The number of furan rings is 2. The number of fused-ring (bicyclic) bond motifs is 2. The molecule has 0 bridgehead atoms. The van der Waals surface area contributed by atoms with E-state index in [0.717, 1.165) is 22.9 Å². The van der Waals surface area contributed by atoms with Gasteiger partial charge >= 0.3 is 11.3 Å². The zero-order valence-electron chi connectivity index (χ0n) is 16.8. The quantitative estimate of drug-likeness (QED) is 0.404. The highest BCUT2D eigenvalue weighted by Crippen LogP contribution is 2.40. The van der Waals surface area contributed by atoms with Crippen molar-refractivity contribution in [2.45, 2.75) is 49.3 Å². The lowest BCUT2D eigenvalue weighted by molar-refractivity contribution is 0.535. The van der Waals surface area contributed by atoms with Gasteiger partial charge in [0, 0.05) is 11.1 Å². The van der Waals surface area contributed by atoms with Crippen LogP contribution in [-0.2, 0) is 0 Å². The molecule has 2 aliphatic heterocycles. The third-order valence-electron chi connectivity index (χ3n) is 5.03. The van der Waals surface area contributed by atoms with Gasteiger partial charge in [0.15, 0.2) is 0 Å². The SMILES string of the molecule is CC(C)c1cccc2oc(=O)c(Sc3c4cc(C(C)C)cccc-4oc3=O)c-2c1. The summed E-state index contributed by atoms with van der Waals surface area (Å²) in [6, 6.07) is 15.3. The Hall–Kier alpha value is -2.79. The fourth-order valence-electron chi connectivity index (χ4n) is 3.30. The van der Waals surface area contributed by atoms with Crippen molar-refractivity contribution in [3.8, 4) is 22.6 Å². The van der Waals surface area contributed by atoms with Crippen LogP contribution in [0.3, 0.4) is 0 Å². The first-order valence-corrected chi connectivity index (χ1v) is 10.5. The fourth-order valence-corrected chi connectivity index (χ4v) is 4.30. The van der Waals surface area contributed by atoms with E-state index in [-0.39, 0.29) is 0 Å². The summed E-state index contributed by atoms with van der Waals surface area (Å²) in [5, 5.41) is 0. The van der Waals surface area contributed by atoms with Gasteiger partial charge in [-0.15, -0.1) is 0 Å². The van der Waals surface area contributed by atoms with Crippen molar-refractivity contribution in [1.82, 2.24) is 0 Å². The standard InChI is InChI=1S/C24H22O4S/c1-13(2)15-7-5-9-19-17(11-15)21(23(25)27-19)29-22-18-12-16(14(3)4)8-6-10-20(18)28-24(22)26/h5-14H,1-4H3. The monoisotopic (exact) mass is 406 g/mol. The van der Waals surface area contributed by atoms with Crippen molar-refractivity contribution in [2.24, 2.45) is 0 Å². The molecular weight excluding hydrogens is 384 g/mol. The molecule has 0 spiro atoms. The van der Waals surface area contributed by atoms with Crippen molar-refractivity contribution in [3.63, 3.8) is 0 Å². The molecule has 5 heteroatoms. The van der Waals surface area contributed by atoms with Crippen molar-refractivity contribution >= 4 is 11.8 Å². The van der Waals surface area contributed by atoms with Gasteiger partial charge in [0.1, 0.15) is 21.3 Å². The Morgan fingerprint density at radius 2 is 1.10 bits per heavy atom. The highest BCUT2D eigenvalue weighted by atomic mass is 32.2. The Labute approximate surface area is 173 Å². The van der Waals surface area contributed by atoms with Crippen molar-refractivity contribution in [3.05, 3.63) is 80.5 Å². The molecule has 4 aliphatic rings. The van der Waals surface area contributed by atoms with Crippen LogP contribution in [0.4, 0.5) is 0 Å². The summed E-state index contributed by atoms with van der Waals surface area (Å²) < 4.78 is 10.9. The Bertz CT molecular complexity index is 1140. The molecule has 4 nitrogen and oxygen atoms in total. The first-order chi connectivity index (χ1) is 13.8. The van der Waals surface area contributed by atoms with Crippen LogP contribution in [-0.4, -0.2) is 0 Å². The maximum atomic E-state index is 12.6. The van der Waals surface area contributed by atoms with Crippen molar-refractivity contribution < 1.29 is 8.83 Å². The third kappa shape index (κ3) is 3.62. The van der Waals surface area contributed by atoms with Gasteiger partial charge < -0.3 is 8.83 Å². The molecule has 0 radical (unpaired) electrons. The van der Waals surface area contributed by atoms with Gasteiger partial charge in [0.05, 0.1) is 0 Å². The minimum atomic E-state index is -0.441. The van der Waals surface area contributed by atoms with E-state index in [4.69, 9.17) is 8.83 Å². The van der Waals surface area contributed by atoms with E-state index in [1.807, 2.05) is 36.4 Å². The molecule has 0 atom stereocenters. The van der Waals surface area contributed by atoms with Crippen LogP contribution in [0, 0.1) is 0 Å². The highest BCUT2D eigenvalue weighted by Gasteiger charge is 2.25. The molecule has 4 rings (SSSR count). The molecule has 0 fully saturated rings. The zero-order chi connectivity index (χ0) is 20.7. The van der Waals surface area contributed by atoms with Crippen LogP contribution in [0.2, 0.25) is 0 Å². The van der Waals surface area contributed by atoms with Crippen LogP contribution < -0.4 is 11.3 Å². The molecule has 0 amide bonds. The van der Waals surface area contributed by atoms with E-state index < -0.39 is 11.3 Å². The van der Waals surface area contributed by atoms with Gasteiger partial charge in [-0.25, -0.2) is 9.59 Å². The van der Waals surface area contributed by atoms with Gasteiger partial charge in [-0.05, 0) is 47.2 Å². The molecule has 0 unspecified atom stereocenters. The molecule has 29 heavy (non-hydrogen) atoms. The minimum absolute atomic E-state index is 0.297. The number of hydrogen-bond acceptors (Lipinski definition) is 5. The van der Waals surface area contributed by atoms with E-state index in [0.29, 0.717) is 44.3 Å². The summed E-state index contributed by atoms with van der Waals surface area (Å²) in [6.45, 7) is 8.38. The molecule has 0 aromatic carbocycles. The molecule has 0 saturated carbocycles. The Morgan fingerprint density at radius 1 is 0.690 bits per heavy atom. The van der Waals surface area contributed by atoms with E-state index in [1.165, 1.54) is 0 Å². The highest BCUT2D eigenvalue weighted by molar-refractivity contribution is 7.99. The molecule has 2 heterocycles. The van der Waals surface area contributed by atoms with E-state index in [2.05, 4.69) is 27.7 Å². The largest absolute Gasteiger partial charge is 0.422 e. The van der Waals surface area contributed by atoms with E-state index in [9.17, 15) is 9.59 Å². The molecular formula is C24H22O4S. The lowest BCUT2D eigenvalue weighted by Gasteiger charge is -2.04. The maximum Gasteiger partial charge on any atom is 0.351 e. The van der Waals surface area contributed by atoms with Crippen molar-refractivity contribution in [1.29, 1.82) is 0 Å². The summed E-state index contributed by atoms with van der Waals surface area (Å²) in [6.07, 6.45) is 0. The normalized spacial score (nSPS) is 11.8. The lowest BCUT2D eigenvalue weighted by atomic mass is 10.0. The van der Waals surface area contributed by atoms with Crippen LogP contribution >= 0.6 is 11.8 Å². The first kappa shape index (κ1) is 19.5. The smallest absolute Gasteiger partial charge is 0.351 e. The molecule has 0 N–H and O–H groups in total. The first-order valence-electron chi connectivity index (χ1n) is 9.66. The number of rotatable bonds is 4. The fraction of sp³-hybridized carbons (Fsp3) is 0.250. The van der Waals surface area contributed by atoms with Gasteiger partial charge in [-0.2, -0.15) is 0 Å². The van der Waals surface area contributed by atoms with Crippen LogP contribution in [0.5, 0.6) is 0 Å². The molecule has 0 aromatic heterocycles. The third-order valence-corrected chi connectivity index (χ3v) is 6.21.